The van der Waals surface area contributed by atoms with Crippen LogP contribution in [-0.2, 0) is 21.8 Å². The number of benzene rings is 2. The summed E-state index contributed by atoms with van der Waals surface area (Å²) < 4.78 is 19.6. The van der Waals surface area contributed by atoms with Crippen LogP contribution in [0.3, 0.4) is 0 Å². The van der Waals surface area contributed by atoms with Crippen LogP contribution in [0.15, 0.2) is 69.9 Å². The minimum absolute atomic E-state index is 0.0140. The fourth-order valence-electron chi connectivity index (χ4n) is 4.55. The Morgan fingerprint density at radius 3 is 2.76 bits per heavy atom. The van der Waals surface area contributed by atoms with Gasteiger partial charge in [0.1, 0.15) is 29.5 Å². The van der Waals surface area contributed by atoms with Gasteiger partial charge in [0.2, 0.25) is 5.13 Å². The van der Waals surface area contributed by atoms with Crippen molar-refractivity contribution in [2.75, 3.05) is 4.90 Å². The first-order valence-electron chi connectivity index (χ1n) is 11.7. The molecule has 0 radical (unpaired) electrons. The Morgan fingerprint density at radius 2 is 2.00 bits per heavy atom. The third-order valence-corrected chi connectivity index (χ3v) is 9.36. The van der Waals surface area contributed by atoms with E-state index in [1.807, 2.05) is 30.5 Å². The number of nitrogens with zero attached hydrogens (tertiary/aromatic N) is 3. The van der Waals surface area contributed by atoms with Gasteiger partial charge in [0, 0.05) is 22.6 Å². The summed E-state index contributed by atoms with van der Waals surface area (Å²) in [4.78, 5) is 28.7. The summed E-state index contributed by atoms with van der Waals surface area (Å²) in [5, 5.41) is 21.9. The number of halogens is 1. The van der Waals surface area contributed by atoms with E-state index in [0.29, 0.717) is 22.1 Å². The Morgan fingerprint density at radius 1 is 1.18 bits per heavy atom. The maximum Gasteiger partial charge on any atom is 0.301 e. The number of aliphatic hydroxyl groups excluding tert-OH is 1. The van der Waals surface area contributed by atoms with Gasteiger partial charge in [-0.15, -0.1) is 21.5 Å². The Hall–Kier alpha value is -3.54. The zero-order chi connectivity index (χ0) is 26.4. The molecule has 7 nitrogen and oxygen atoms in total. The lowest BCUT2D eigenvalue weighted by Crippen LogP contribution is -2.29. The van der Waals surface area contributed by atoms with Crippen molar-refractivity contribution in [3.63, 3.8) is 0 Å². The van der Waals surface area contributed by atoms with Crippen LogP contribution < -0.4 is 9.64 Å². The van der Waals surface area contributed by atoms with Crippen LogP contribution in [0, 0.1) is 5.82 Å². The summed E-state index contributed by atoms with van der Waals surface area (Å²) in [5.74, 6) is -0.784. The van der Waals surface area contributed by atoms with Gasteiger partial charge in [-0.3, -0.25) is 14.5 Å². The van der Waals surface area contributed by atoms with Crippen LogP contribution in [0.2, 0.25) is 0 Å². The first kappa shape index (κ1) is 24.8. The highest BCUT2D eigenvalue weighted by Crippen LogP contribution is 2.45. The van der Waals surface area contributed by atoms with Crippen molar-refractivity contribution in [2.24, 2.45) is 0 Å². The maximum absolute atomic E-state index is 13.3. The number of hydrogen-bond donors (Lipinski definition) is 1. The molecule has 1 saturated heterocycles. The van der Waals surface area contributed by atoms with E-state index in [9.17, 15) is 19.1 Å². The van der Waals surface area contributed by atoms with E-state index < -0.39 is 17.7 Å². The van der Waals surface area contributed by atoms with Gasteiger partial charge < -0.3 is 9.84 Å². The quantitative estimate of drug-likeness (QED) is 0.101. The number of anilines is 1. The van der Waals surface area contributed by atoms with Gasteiger partial charge in [0.25, 0.3) is 5.78 Å². The van der Waals surface area contributed by atoms with E-state index in [0.717, 1.165) is 21.8 Å². The van der Waals surface area contributed by atoms with Gasteiger partial charge in [-0.1, -0.05) is 41.3 Å². The third-order valence-electron chi connectivity index (χ3n) is 6.30. The van der Waals surface area contributed by atoms with E-state index >= 15 is 0 Å². The van der Waals surface area contributed by atoms with Gasteiger partial charge in [-0.25, -0.2) is 4.39 Å². The molecule has 1 fully saturated rings. The summed E-state index contributed by atoms with van der Waals surface area (Å²) in [6.45, 7) is 1.97. The summed E-state index contributed by atoms with van der Waals surface area (Å²) in [7, 11) is 0. The lowest BCUT2D eigenvalue weighted by atomic mass is 9.98. The smallest absolute Gasteiger partial charge is 0.301 e. The molecule has 4 aromatic rings. The Labute approximate surface area is 229 Å². The molecular weight excluding hydrogens is 546 g/mol. The van der Waals surface area contributed by atoms with E-state index in [1.165, 1.54) is 51.5 Å². The molecule has 0 saturated carbocycles. The molecule has 2 aromatic heterocycles. The van der Waals surface area contributed by atoms with Crippen LogP contribution in [0.1, 0.15) is 34.5 Å². The monoisotopic (exact) mass is 565 g/mol. The lowest BCUT2D eigenvalue weighted by Gasteiger charge is -2.21. The summed E-state index contributed by atoms with van der Waals surface area (Å²) in [6.07, 6.45) is 0.731. The van der Waals surface area contributed by atoms with Crippen LogP contribution >= 0.6 is 34.4 Å². The van der Waals surface area contributed by atoms with Crippen LogP contribution in [0.25, 0.3) is 5.76 Å². The molecule has 2 atom stereocenters. The van der Waals surface area contributed by atoms with Crippen LogP contribution in [0.5, 0.6) is 5.75 Å². The number of ketones is 1. The fourth-order valence-corrected chi connectivity index (χ4v) is 7.20. The predicted molar refractivity (Wildman–Crippen MR) is 145 cm³/mol. The average Bonchev–Trinajstić information content (AvgIpc) is 3.70. The molecule has 0 aliphatic carbocycles. The summed E-state index contributed by atoms with van der Waals surface area (Å²) in [6, 6.07) is 14.3. The van der Waals surface area contributed by atoms with Gasteiger partial charge in [0.15, 0.2) is 4.34 Å². The lowest BCUT2D eigenvalue weighted by molar-refractivity contribution is -0.132. The average molecular weight is 566 g/mol. The largest absolute Gasteiger partial charge is 0.507 e. The van der Waals surface area contributed by atoms with Crippen molar-refractivity contribution < 1.29 is 23.8 Å². The maximum atomic E-state index is 13.3. The number of thioether (sulfide) groups is 1. The first-order chi connectivity index (χ1) is 18.4. The highest BCUT2D eigenvalue weighted by atomic mass is 32.2. The molecular formula is C27H20FN3O4S3. The van der Waals surface area contributed by atoms with Gasteiger partial charge in [0.05, 0.1) is 5.57 Å². The summed E-state index contributed by atoms with van der Waals surface area (Å²) in [5.41, 5.74) is 2.32. The highest BCUT2D eigenvalue weighted by Gasteiger charge is 2.49. The molecule has 192 valence electrons. The highest BCUT2D eigenvalue weighted by molar-refractivity contribution is 8.00. The van der Waals surface area contributed by atoms with Crippen molar-refractivity contribution in [3.05, 3.63) is 92.9 Å². The second-order valence-electron chi connectivity index (χ2n) is 8.91. The van der Waals surface area contributed by atoms with Crippen LogP contribution in [-0.4, -0.2) is 33.1 Å². The van der Waals surface area contributed by atoms with Crippen molar-refractivity contribution >= 4 is 57.0 Å². The predicted octanol–water partition coefficient (Wildman–Crippen LogP) is 5.98. The Balaban J connectivity index is 1.35. The van der Waals surface area contributed by atoms with Crippen molar-refractivity contribution in [1.82, 2.24) is 10.2 Å². The second kappa shape index (κ2) is 9.97. The molecule has 2 aliphatic heterocycles. The molecule has 0 bridgehead atoms. The number of aliphatic hydroxyl groups is 1. The molecule has 4 heterocycles. The van der Waals surface area contributed by atoms with Crippen molar-refractivity contribution in [2.45, 2.75) is 35.6 Å². The Bertz CT molecular complexity index is 1570. The summed E-state index contributed by atoms with van der Waals surface area (Å²) >= 11 is 3.98. The third kappa shape index (κ3) is 4.50. The zero-order valence-corrected chi connectivity index (χ0v) is 22.4. The molecule has 2 unspecified atom stereocenters. The molecule has 0 spiro atoms. The molecule has 2 aliphatic rings. The molecule has 11 heteroatoms. The molecule has 1 amide bonds. The van der Waals surface area contributed by atoms with Gasteiger partial charge in [-0.2, -0.15) is 0 Å². The number of Topliss-reactive ketones (excluding diaryl/α,β-unsaturated/α-hetero) is 1. The zero-order valence-electron chi connectivity index (χ0n) is 20.0. The topological polar surface area (TPSA) is 92.6 Å². The minimum Gasteiger partial charge on any atom is -0.507 e. The first-order valence-corrected chi connectivity index (χ1v) is 14.4. The number of amides is 1. The number of fused-ring (bicyclic) bond motifs is 1. The molecule has 1 N–H and O–H groups in total. The molecule has 2 aromatic carbocycles. The normalized spacial score (nSPS) is 20.1. The SMILES string of the molecule is CC1Cc2cc(/C(O)=C3\C(=O)C(=O)N(c4nnc(SCc5ccc(F)cc5)s4)C3c3cccs3)ccc2O1. The molecule has 6 rings (SSSR count). The number of ether oxygens (including phenoxy) is 1. The van der Waals surface area contributed by atoms with Crippen molar-refractivity contribution in [1.29, 1.82) is 0 Å². The van der Waals surface area contributed by atoms with Gasteiger partial charge in [-0.05, 0) is 59.8 Å². The van der Waals surface area contributed by atoms with Crippen molar-refractivity contribution in [3.8, 4) is 5.75 Å². The number of hydrogen-bond acceptors (Lipinski definition) is 9. The van der Waals surface area contributed by atoms with Crippen LogP contribution in [0.4, 0.5) is 9.52 Å². The number of carbonyl (C=O) groups excluding carboxylic acids is 2. The van der Waals surface area contributed by atoms with E-state index in [2.05, 4.69) is 10.2 Å². The second-order valence-corrected chi connectivity index (χ2v) is 12.1. The number of thiophene rings is 1. The standard InChI is InChI=1S/C27H20FN3O4S3/c1-14-11-17-12-16(6-9-19(17)35-14)23(32)21-22(20-3-2-10-36-20)31(25(34)24(21)33)26-29-30-27(38-26)37-13-15-4-7-18(28)8-5-15/h2-10,12,14,22,32H,11,13H2,1H3/b23-21+. The number of aromatic nitrogens is 2. The number of rotatable bonds is 6. The molecule has 38 heavy (non-hydrogen) atoms. The minimum atomic E-state index is -0.832. The van der Waals surface area contributed by atoms with E-state index in [-0.39, 0.29) is 28.4 Å². The number of carbonyl (C=O) groups is 2. The fraction of sp³-hybridized carbons (Fsp3) is 0.185. The van der Waals surface area contributed by atoms with Gasteiger partial charge >= 0.3 is 5.91 Å². The van der Waals surface area contributed by atoms with E-state index in [1.54, 1.807) is 24.3 Å². The Kier molecular flexibility index (Phi) is 6.50. The van der Waals surface area contributed by atoms with E-state index in [4.69, 9.17) is 4.74 Å².